The van der Waals surface area contributed by atoms with Crippen LogP contribution in [0.2, 0.25) is 0 Å². The monoisotopic (exact) mass is 318 g/mol. The number of benzene rings is 1. The summed E-state index contributed by atoms with van der Waals surface area (Å²) in [7, 11) is 0. The van der Waals surface area contributed by atoms with Crippen LogP contribution in [0.15, 0.2) is 28.7 Å². The van der Waals surface area contributed by atoms with E-state index in [1.54, 1.807) is 18.2 Å². The lowest BCUT2D eigenvalue weighted by Gasteiger charge is -2.07. The van der Waals surface area contributed by atoms with Crippen molar-refractivity contribution in [2.75, 3.05) is 0 Å². The third kappa shape index (κ3) is 2.84. The molecule has 0 radical (unpaired) electrons. The van der Waals surface area contributed by atoms with Crippen molar-refractivity contribution in [2.45, 2.75) is 12.3 Å². The molecule has 2 N–H and O–H groups in total. The number of carbonyl (C=O) groups is 2. The number of hydrogen-bond donors (Lipinski definition) is 2. The number of rotatable bonds is 2. The third-order valence-electron chi connectivity index (χ3n) is 2.53. The molecule has 1 aliphatic carbocycles. The van der Waals surface area contributed by atoms with Gasteiger partial charge < -0.3 is 0 Å². The largest absolute Gasteiger partial charge is 0.273 e. The van der Waals surface area contributed by atoms with Gasteiger partial charge in [-0.2, -0.15) is 0 Å². The van der Waals surface area contributed by atoms with Gasteiger partial charge in [-0.25, -0.2) is 8.78 Å². The van der Waals surface area contributed by atoms with Crippen molar-refractivity contribution in [3.63, 3.8) is 0 Å². The molecule has 1 aromatic rings. The fraction of sp³-hybridized carbons (Fsp3) is 0.273. The molecule has 0 saturated heterocycles. The van der Waals surface area contributed by atoms with Crippen LogP contribution in [-0.4, -0.2) is 17.7 Å². The SMILES string of the molecule is O=C(NNC(=O)C1CC1(F)F)c1cccc(Br)c1. The molecule has 7 heteroatoms. The molecule has 0 bridgehead atoms. The molecule has 0 heterocycles. The normalized spacial score (nSPS) is 20.1. The van der Waals surface area contributed by atoms with Crippen LogP contribution in [0.25, 0.3) is 0 Å². The lowest BCUT2D eigenvalue weighted by molar-refractivity contribution is -0.125. The molecular formula is C11H9BrF2N2O2. The Morgan fingerprint density at radius 3 is 2.56 bits per heavy atom. The quantitative estimate of drug-likeness (QED) is 0.818. The fourth-order valence-electron chi connectivity index (χ4n) is 1.41. The van der Waals surface area contributed by atoms with E-state index >= 15 is 0 Å². The van der Waals surface area contributed by atoms with Crippen LogP contribution in [0.4, 0.5) is 8.78 Å². The smallest absolute Gasteiger partial charge is 0.269 e. The molecule has 1 saturated carbocycles. The zero-order valence-electron chi connectivity index (χ0n) is 9.04. The predicted octanol–water partition coefficient (Wildman–Crippen LogP) is 1.87. The molecule has 2 amide bonds. The van der Waals surface area contributed by atoms with Crippen molar-refractivity contribution in [1.82, 2.24) is 10.9 Å². The Morgan fingerprint density at radius 2 is 2.00 bits per heavy atom. The summed E-state index contributed by atoms with van der Waals surface area (Å²) in [5, 5.41) is 0. The van der Waals surface area contributed by atoms with Crippen LogP contribution >= 0.6 is 15.9 Å². The second-order valence-corrected chi connectivity index (χ2v) is 4.89. The first-order valence-electron chi connectivity index (χ1n) is 5.14. The number of halogens is 3. The van der Waals surface area contributed by atoms with Gasteiger partial charge in [0.1, 0.15) is 5.92 Å². The molecule has 18 heavy (non-hydrogen) atoms. The maximum Gasteiger partial charge on any atom is 0.269 e. The number of nitrogens with one attached hydrogen (secondary N) is 2. The average Bonchev–Trinajstić information content (AvgIpc) is 2.95. The lowest BCUT2D eigenvalue weighted by atomic mass is 10.2. The van der Waals surface area contributed by atoms with Crippen molar-refractivity contribution in [3.05, 3.63) is 34.3 Å². The summed E-state index contributed by atoms with van der Waals surface area (Å²) in [5.74, 6) is -5.71. The highest BCUT2D eigenvalue weighted by molar-refractivity contribution is 9.10. The standard InChI is InChI=1S/C11H9BrF2N2O2/c12-7-3-1-2-6(4-7)9(17)15-16-10(18)8-5-11(8,13)14/h1-4,8H,5H2,(H,15,17)(H,16,18). The van der Waals surface area contributed by atoms with Crippen LogP contribution in [0.3, 0.4) is 0 Å². The molecule has 4 nitrogen and oxygen atoms in total. The van der Waals surface area contributed by atoms with E-state index in [1.165, 1.54) is 6.07 Å². The van der Waals surface area contributed by atoms with Gasteiger partial charge in [0.25, 0.3) is 11.8 Å². The third-order valence-corrected chi connectivity index (χ3v) is 3.02. The van der Waals surface area contributed by atoms with E-state index in [-0.39, 0.29) is 0 Å². The Labute approximate surface area is 110 Å². The van der Waals surface area contributed by atoms with E-state index in [0.29, 0.717) is 10.0 Å². The van der Waals surface area contributed by atoms with Gasteiger partial charge in [0.15, 0.2) is 0 Å². The van der Waals surface area contributed by atoms with Gasteiger partial charge in [0.05, 0.1) is 0 Å². The maximum atomic E-state index is 12.6. The minimum atomic E-state index is -2.94. The molecule has 96 valence electrons. The van der Waals surface area contributed by atoms with E-state index in [4.69, 9.17) is 0 Å². The zero-order valence-corrected chi connectivity index (χ0v) is 10.6. The molecule has 1 aromatic carbocycles. The topological polar surface area (TPSA) is 58.2 Å². The van der Waals surface area contributed by atoms with Crippen LogP contribution in [-0.2, 0) is 4.79 Å². The van der Waals surface area contributed by atoms with Gasteiger partial charge in [-0.1, -0.05) is 22.0 Å². The number of alkyl halides is 2. The first-order valence-corrected chi connectivity index (χ1v) is 5.93. The highest BCUT2D eigenvalue weighted by atomic mass is 79.9. The molecule has 1 atom stereocenters. The van der Waals surface area contributed by atoms with Crippen molar-refractivity contribution in [1.29, 1.82) is 0 Å². The molecule has 0 spiro atoms. The first-order chi connectivity index (χ1) is 8.40. The van der Waals surface area contributed by atoms with E-state index in [9.17, 15) is 18.4 Å². The highest BCUT2D eigenvalue weighted by Gasteiger charge is 2.61. The van der Waals surface area contributed by atoms with Crippen molar-refractivity contribution < 1.29 is 18.4 Å². The van der Waals surface area contributed by atoms with Crippen LogP contribution in [0.5, 0.6) is 0 Å². The summed E-state index contributed by atoms with van der Waals surface area (Å²) < 4.78 is 25.8. The van der Waals surface area contributed by atoms with E-state index < -0.39 is 30.1 Å². The fourth-order valence-corrected chi connectivity index (χ4v) is 1.80. The van der Waals surface area contributed by atoms with E-state index in [2.05, 4.69) is 21.4 Å². The molecule has 0 aliphatic heterocycles. The van der Waals surface area contributed by atoms with Crippen LogP contribution in [0, 0.1) is 5.92 Å². The van der Waals surface area contributed by atoms with Crippen molar-refractivity contribution in [2.24, 2.45) is 5.92 Å². The predicted molar refractivity (Wildman–Crippen MR) is 62.8 cm³/mol. The van der Waals surface area contributed by atoms with Gasteiger partial charge >= 0.3 is 0 Å². The van der Waals surface area contributed by atoms with Gasteiger partial charge in [-0.05, 0) is 18.2 Å². The molecular weight excluding hydrogens is 310 g/mol. The second kappa shape index (κ2) is 4.64. The van der Waals surface area contributed by atoms with Gasteiger partial charge in [-0.3, -0.25) is 20.4 Å². The molecule has 2 rings (SSSR count). The average molecular weight is 319 g/mol. The number of hydrazine groups is 1. The van der Waals surface area contributed by atoms with Crippen LogP contribution < -0.4 is 10.9 Å². The number of carbonyl (C=O) groups excluding carboxylic acids is 2. The van der Waals surface area contributed by atoms with Crippen molar-refractivity contribution >= 4 is 27.7 Å². The van der Waals surface area contributed by atoms with Gasteiger partial charge in [0.2, 0.25) is 5.91 Å². The minimum Gasteiger partial charge on any atom is -0.273 e. The Balaban J connectivity index is 1.87. The minimum absolute atomic E-state index is 0.312. The summed E-state index contributed by atoms with van der Waals surface area (Å²) in [4.78, 5) is 22.8. The Hall–Kier alpha value is -1.50. The Bertz CT molecular complexity index is 508. The highest BCUT2D eigenvalue weighted by Crippen LogP contribution is 2.48. The first kappa shape index (κ1) is 12.9. The summed E-state index contributed by atoms with van der Waals surface area (Å²) >= 11 is 3.19. The maximum absolute atomic E-state index is 12.6. The summed E-state index contributed by atoms with van der Waals surface area (Å²) in [6, 6.07) is 6.47. The number of hydrogen-bond acceptors (Lipinski definition) is 2. The number of amides is 2. The Morgan fingerprint density at radius 1 is 1.33 bits per heavy atom. The Kier molecular flexibility index (Phi) is 3.34. The summed E-state index contributed by atoms with van der Waals surface area (Å²) in [6.07, 6.45) is -0.467. The van der Waals surface area contributed by atoms with Crippen LogP contribution in [0.1, 0.15) is 16.8 Å². The molecule has 1 aliphatic rings. The van der Waals surface area contributed by atoms with Crippen molar-refractivity contribution in [3.8, 4) is 0 Å². The van der Waals surface area contributed by atoms with E-state index in [1.807, 2.05) is 5.43 Å². The summed E-state index contributed by atoms with van der Waals surface area (Å²) in [5.41, 5.74) is 4.39. The van der Waals surface area contributed by atoms with Gasteiger partial charge in [0, 0.05) is 16.5 Å². The van der Waals surface area contributed by atoms with Gasteiger partial charge in [-0.15, -0.1) is 0 Å². The lowest BCUT2D eigenvalue weighted by Crippen LogP contribution is -2.43. The second-order valence-electron chi connectivity index (χ2n) is 3.97. The zero-order chi connectivity index (χ0) is 13.3. The summed E-state index contributed by atoms with van der Waals surface area (Å²) in [6.45, 7) is 0. The molecule has 1 unspecified atom stereocenters. The molecule has 0 aromatic heterocycles. The van der Waals surface area contributed by atoms with E-state index in [0.717, 1.165) is 0 Å². The molecule has 1 fully saturated rings.